The van der Waals surface area contributed by atoms with Crippen molar-refractivity contribution in [3.63, 3.8) is 0 Å². The lowest BCUT2D eigenvalue weighted by Crippen LogP contribution is -2.39. The normalized spacial score (nSPS) is 20.4. The Bertz CT molecular complexity index is 469. The molecule has 4 nitrogen and oxygen atoms in total. The predicted molar refractivity (Wildman–Crippen MR) is 58.3 cm³/mol. The SMILES string of the molecule is CS(=O)(=O)N1c2ccccc2CC1CO. The van der Waals surface area contributed by atoms with Crippen molar-refractivity contribution in [2.45, 2.75) is 12.5 Å². The van der Waals surface area contributed by atoms with Crippen molar-refractivity contribution >= 4 is 15.7 Å². The standard InChI is InChI=1S/C10H13NO3S/c1-15(13,14)11-9(7-12)6-8-4-2-3-5-10(8)11/h2-5,9,12H,6-7H2,1H3. The minimum Gasteiger partial charge on any atom is -0.394 e. The third-order valence-electron chi connectivity index (χ3n) is 2.58. The van der Waals surface area contributed by atoms with Gasteiger partial charge in [-0.3, -0.25) is 4.31 Å². The van der Waals surface area contributed by atoms with Gasteiger partial charge in [0.15, 0.2) is 0 Å². The van der Waals surface area contributed by atoms with E-state index in [0.717, 1.165) is 11.8 Å². The molecule has 0 aliphatic carbocycles. The van der Waals surface area contributed by atoms with Gasteiger partial charge in [0.1, 0.15) is 0 Å². The molecule has 1 aliphatic rings. The lowest BCUT2D eigenvalue weighted by atomic mass is 10.1. The Labute approximate surface area is 89.2 Å². The molecular formula is C10H13NO3S. The highest BCUT2D eigenvalue weighted by Gasteiger charge is 2.34. The second-order valence-corrected chi connectivity index (χ2v) is 5.59. The molecule has 1 heterocycles. The number of anilines is 1. The smallest absolute Gasteiger partial charge is 0.232 e. The maximum Gasteiger partial charge on any atom is 0.232 e. The van der Waals surface area contributed by atoms with Crippen molar-refractivity contribution in [3.8, 4) is 0 Å². The summed E-state index contributed by atoms with van der Waals surface area (Å²) in [4.78, 5) is 0. The van der Waals surface area contributed by atoms with Crippen molar-refractivity contribution in [1.82, 2.24) is 0 Å². The molecule has 1 atom stereocenters. The fraction of sp³-hybridized carbons (Fsp3) is 0.400. The van der Waals surface area contributed by atoms with E-state index in [1.807, 2.05) is 12.1 Å². The summed E-state index contributed by atoms with van der Waals surface area (Å²) < 4.78 is 24.5. The first-order chi connectivity index (χ1) is 7.04. The fourth-order valence-electron chi connectivity index (χ4n) is 2.02. The molecule has 0 amide bonds. The van der Waals surface area contributed by atoms with Gasteiger partial charge in [0.05, 0.1) is 24.6 Å². The molecule has 0 saturated heterocycles. The maximum atomic E-state index is 11.6. The monoisotopic (exact) mass is 227 g/mol. The number of benzene rings is 1. The highest BCUT2D eigenvalue weighted by molar-refractivity contribution is 7.92. The lowest BCUT2D eigenvalue weighted by molar-refractivity contribution is 0.270. The van der Waals surface area contributed by atoms with Crippen LogP contribution in [0, 0.1) is 0 Å². The van der Waals surface area contributed by atoms with Gasteiger partial charge >= 0.3 is 0 Å². The van der Waals surface area contributed by atoms with Gasteiger partial charge in [0.2, 0.25) is 10.0 Å². The second kappa shape index (κ2) is 3.50. The van der Waals surface area contributed by atoms with Gasteiger partial charge in [-0.05, 0) is 18.1 Å². The van der Waals surface area contributed by atoms with Crippen LogP contribution in [0.5, 0.6) is 0 Å². The molecular weight excluding hydrogens is 214 g/mol. The topological polar surface area (TPSA) is 57.6 Å². The van der Waals surface area contributed by atoms with Crippen LogP contribution in [0.4, 0.5) is 5.69 Å². The Kier molecular flexibility index (Phi) is 2.44. The summed E-state index contributed by atoms with van der Waals surface area (Å²) in [5, 5.41) is 9.17. The van der Waals surface area contributed by atoms with E-state index >= 15 is 0 Å². The average molecular weight is 227 g/mol. The summed E-state index contributed by atoms with van der Waals surface area (Å²) in [6.07, 6.45) is 1.75. The van der Waals surface area contributed by atoms with E-state index in [1.54, 1.807) is 12.1 Å². The zero-order chi connectivity index (χ0) is 11.1. The molecule has 15 heavy (non-hydrogen) atoms. The lowest BCUT2D eigenvalue weighted by Gasteiger charge is -2.23. The van der Waals surface area contributed by atoms with E-state index in [4.69, 9.17) is 5.11 Å². The number of nitrogens with zero attached hydrogens (tertiary/aromatic N) is 1. The molecule has 2 rings (SSSR count). The third kappa shape index (κ3) is 1.72. The van der Waals surface area contributed by atoms with Gasteiger partial charge < -0.3 is 5.11 Å². The molecule has 82 valence electrons. The van der Waals surface area contributed by atoms with Crippen molar-refractivity contribution in [2.75, 3.05) is 17.2 Å². The quantitative estimate of drug-likeness (QED) is 0.794. The number of para-hydroxylation sites is 1. The minimum atomic E-state index is -3.30. The van der Waals surface area contributed by atoms with Crippen molar-refractivity contribution in [1.29, 1.82) is 0 Å². The van der Waals surface area contributed by atoms with Crippen LogP contribution in [-0.4, -0.2) is 32.4 Å². The molecule has 1 unspecified atom stereocenters. The van der Waals surface area contributed by atoms with Crippen molar-refractivity contribution < 1.29 is 13.5 Å². The maximum absolute atomic E-state index is 11.6. The molecule has 0 aromatic heterocycles. The first-order valence-electron chi connectivity index (χ1n) is 4.72. The summed E-state index contributed by atoms with van der Waals surface area (Å²) in [5.41, 5.74) is 1.67. The molecule has 1 aromatic carbocycles. The van der Waals surface area contributed by atoms with Crippen LogP contribution in [0.1, 0.15) is 5.56 Å². The zero-order valence-electron chi connectivity index (χ0n) is 8.42. The van der Waals surface area contributed by atoms with Gasteiger partial charge in [-0.2, -0.15) is 0 Å². The molecule has 0 saturated carbocycles. The van der Waals surface area contributed by atoms with E-state index in [2.05, 4.69) is 0 Å². The molecule has 0 fully saturated rings. The first kappa shape index (κ1) is 10.4. The molecule has 0 radical (unpaired) electrons. The fourth-order valence-corrected chi connectivity index (χ4v) is 3.24. The van der Waals surface area contributed by atoms with Crippen molar-refractivity contribution in [3.05, 3.63) is 29.8 Å². The van der Waals surface area contributed by atoms with E-state index in [-0.39, 0.29) is 12.6 Å². The number of sulfonamides is 1. The van der Waals surface area contributed by atoms with Gasteiger partial charge in [-0.1, -0.05) is 18.2 Å². The Morgan fingerprint density at radius 2 is 2.13 bits per heavy atom. The third-order valence-corrected chi connectivity index (χ3v) is 3.79. The average Bonchev–Trinajstić information content (AvgIpc) is 2.54. The number of hydrogen-bond donors (Lipinski definition) is 1. The number of aliphatic hydroxyl groups excluding tert-OH is 1. The molecule has 0 spiro atoms. The molecule has 0 bridgehead atoms. The van der Waals surface area contributed by atoms with Gasteiger partial charge in [0.25, 0.3) is 0 Å². The number of hydrogen-bond acceptors (Lipinski definition) is 3. The second-order valence-electron chi connectivity index (χ2n) is 3.73. The molecule has 5 heteroatoms. The van der Waals surface area contributed by atoms with Crippen LogP contribution in [0.2, 0.25) is 0 Å². The Morgan fingerprint density at radius 3 is 2.73 bits per heavy atom. The Balaban J connectivity index is 2.52. The largest absolute Gasteiger partial charge is 0.394 e. The van der Waals surface area contributed by atoms with Crippen LogP contribution in [0.25, 0.3) is 0 Å². The highest BCUT2D eigenvalue weighted by Crippen LogP contribution is 2.33. The van der Waals surface area contributed by atoms with E-state index in [9.17, 15) is 8.42 Å². The highest BCUT2D eigenvalue weighted by atomic mass is 32.2. The summed E-state index contributed by atoms with van der Waals surface area (Å²) in [6.45, 7) is -0.151. The Hall–Kier alpha value is -1.07. The van der Waals surface area contributed by atoms with Crippen LogP contribution >= 0.6 is 0 Å². The number of fused-ring (bicyclic) bond motifs is 1. The van der Waals surface area contributed by atoms with Crippen LogP contribution in [0.15, 0.2) is 24.3 Å². The van der Waals surface area contributed by atoms with Crippen LogP contribution in [0.3, 0.4) is 0 Å². The summed E-state index contributed by atoms with van der Waals surface area (Å²) in [6, 6.07) is 6.99. The summed E-state index contributed by atoms with van der Waals surface area (Å²) in [5.74, 6) is 0. The predicted octanol–water partition coefficient (Wildman–Crippen LogP) is 0.370. The molecule has 1 N–H and O–H groups in total. The van der Waals surface area contributed by atoms with Crippen LogP contribution in [-0.2, 0) is 16.4 Å². The molecule has 1 aromatic rings. The van der Waals surface area contributed by atoms with Gasteiger partial charge in [-0.15, -0.1) is 0 Å². The Morgan fingerprint density at radius 1 is 1.47 bits per heavy atom. The van der Waals surface area contributed by atoms with Crippen LogP contribution < -0.4 is 4.31 Å². The summed E-state index contributed by atoms with van der Waals surface area (Å²) in [7, 11) is -3.30. The minimum absolute atomic E-state index is 0.151. The zero-order valence-corrected chi connectivity index (χ0v) is 9.24. The number of rotatable bonds is 2. The van der Waals surface area contributed by atoms with Gasteiger partial charge in [-0.25, -0.2) is 8.42 Å². The van der Waals surface area contributed by atoms with E-state index < -0.39 is 10.0 Å². The van der Waals surface area contributed by atoms with Gasteiger partial charge in [0, 0.05) is 0 Å². The van der Waals surface area contributed by atoms with E-state index in [1.165, 1.54) is 4.31 Å². The molecule has 1 aliphatic heterocycles. The first-order valence-corrected chi connectivity index (χ1v) is 6.57. The summed E-state index contributed by atoms with van der Waals surface area (Å²) >= 11 is 0. The van der Waals surface area contributed by atoms with E-state index in [0.29, 0.717) is 12.1 Å². The number of aliphatic hydroxyl groups is 1. The van der Waals surface area contributed by atoms with Crippen molar-refractivity contribution in [2.24, 2.45) is 0 Å².